The number of ether oxygens (including phenoxy) is 2. The van der Waals surface area contributed by atoms with Crippen molar-refractivity contribution in [3.8, 4) is 11.8 Å². The number of halogens is 4. The molecule has 148 valence electrons. The second kappa shape index (κ2) is 8.27. The van der Waals surface area contributed by atoms with Crippen LogP contribution in [-0.4, -0.2) is 25.2 Å². The Morgan fingerprint density at radius 1 is 1.18 bits per heavy atom. The van der Waals surface area contributed by atoms with Crippen LogP contribution in [0.25, 0.3) is 0 Å². The van der Waals surface area contributed by atoms with Crippen molar-refractivity contribution >= 4 is 11.6 Å². The van der Waals surface area contributed by atoms with Crippen molar-refractivity contribution in [2.75, 3.05) is 19.0 Å². The molecule has 1 atom stereocenters. The fourth-order valence-corrected chi connectivity index (χ4v) is 2.19. The van der Waals surface area contributed by atoms with Crippen LogP contribution in [0.4, 0.5) is 23.2 Å². The molecular formula is C19H16F4N2O3. The van der Waals surface area contributed by atoms with E-state index in [1.165, 1.54) is 50.4 Å². The molecule has 0 fully saturated rings. The molecule has 0 heterocycles. The SMILES string of the molecule is CO[C@@](C)(COc1ccc(F)cc1)C(=O)Nc1ccc(C#N)c(C(F)(F)F)c1. The molecule has 2 rings (SSSR count). The average Bonchev–Trinajstić information content (AvgIpc) is 2.66. The number of nitriles is 1. The first-order chi connectivity index (χ1) is 13.1. The maximum Gasteiger partial charge on any atom is 0.417 e. The van der Waals surface area contributed by atoms with Gasteiger partial charge < -0.3 is 14.8 Å². The zero-order valence-corrected chi connectivity index (χ0v) is 14.9. The normalized spacial score (nSPS) is 13.3. The van der Waals surface area contributed by atoms with Crippen LogP contribution in [0.15, 0.2) is 42.5 Å². The van der Waals surface area contributed by atoms with E-state index >= 15 is 0 Å². The van der Waals surface area contributed by atoms with E-state index in [1.807, 2.05) is 0 Å². The second-order valence-corrected chi connectivity index (χ2v) is 6.00. The van der Waals surface area contributed by atoms with E-state index in [0.717, 1.165) is 6.07 Å². The molecule has 1 amide bonds. The molecule has 0 bridgehead atoms. The highest BCUT2D eigenvalue weighted by Crippen LogP contribution is 2.33. The Morgan fingerprint density at radius 3 is 2.36 bits per heavy atom. The van der Waals surface area contributed by atoms with Crippen molar-refractivity contribution < 1.29 is 31.8 Å². The minimum atomic E-state index is -4.75. The molecule has 0 saturated heterocycles. The van der Waals surface area contributed by atoms with Crippen LogP contribution in [0, 0.1) is 17.1 Å². The number of nitrogens with one attached hydrogen (secondary N) is 1. The van der Waals surface area contributed by atoms with E-state index in [4.69, 9.17) is 14.7 Å². The first-order valence-electron chi connectivity index (χ1n) is 7.95. The van der Waals surface area contributed by atoms with Gasteiger partial charge in [0.2, 0.25) is 0 Å². The molecule has 0 aliphatic heterocycles. The number of anilines is 1. The number of nitrogens with zero attached hydrogens (tertiary/aromatic N) is 1. The van der Waals surface area contributed by atoms with Crippen LogP contribution in [0.1, 0.15) is 18.1 Å². The van der Waals surface area contributed by atoms with E-state index in [-0.39, 0.29) is 18.0 Å². The number of amides is 1. The summed E-state index contributed by atoms with van der Waals surface area (Å²) >= 11 is 0. The average molecular weight is 396 g/mol. The topological polar surface area (TPSA) is 71.3 Å². The van der Waals surface area contributed by atoms with E-state index < -0.39 is 34.6 Å². The van der Waals surface area contributed by atoms with Gasteiger partial charge in [0, 0.05) is 12.8 Å². The number of rotatable bonds is 6. The Balaban J connectivity index is 2.16. The van der Waals surface area contributed by atoms with Crippen molar-refractivity contribution in [3.63, 3.8) is 0 Å². The van der Waals surface area contributed by atoms with Gasteiger partial charge in [-0.1, -0.05) is 0 Å². The van der Waals surface area contributed by atoms with Gasteiger partial charge in [-0.15, -0.1) is 0 Å². The molecule has 0 aliphatic carbocycles. The molecule has 0 spiro atoms. The van der Waals surface area contributed by atoms with Gasteiger partial charge in [-0.3, -0.25) is 4.79 Å². The van der Waals surface area contributed by atoms with Crippen molar-refractivity contribution in [1.82, 2.24) is 0 Å². The third kappa shape index (κ3) is 4.98. The Bertz CT molecular complexity index is 892. The number of alkyl halides is 3. The van der Waals surface area contributed by atoms with Crippen molar-refractivity contribution in [2.24, 2.45) is 0 Å². The van der Waals surface area contributed by atoms with Gasteiger partial charge in [0.15, 0.2) is 5.60 Å². The maximum atomic E-state index is 13.1. The molecular weight excluding hydrogens is 380 g/mol. The summed E-state index contributed by atoms with van der Waals surface area (Å²) in [6.45, 7) is 1.11. The molecule has 0 radical (unpaired) electrons. The van der Waals surface area contributed by atoms with Gasteiger partial charge >= 0.3 is 6.18 Å². The molecule has 1 N–H and O–H groups in total. The quantitative estimate of drug-likeness (QED) is 0.745. The van der Waals surface area contributed by atoms with Gasteiger partial charge in [-0.25, -0.2) is 4.39 Å². The molecule has 0 unspecified atom stereocenters. The lowest BCUT2D eigenvalue weighted by Gasteiger charge is -2.27. The Hall–Kier alpha value is -3.12. The summed E-state index contributed by atoms with van der Waals surface area (Å²) in [5.74, 6) is -0.925. The molecule has 0 saturated carbocycles. The first kappa shape index (κ1) is 21.2. The van der Waals surface area contributed by atoms with Crippen LogP contribution in [0.2, 0.25) is 0 Å². The number of carbonyl (C=O) groups excluding carboxylic acids is 1. The monoisotopic (exact) mass is 396 g/mol. The van der Waals surface area contributed by atoms with Crippen molar-refractivity contribution in [1.29, 1.82) is 5.26 Å². The highest BCUT2D eigenvalue weighted by Gasteiger charge is 2.36. The highest BCUT2D eigenvalue weighted by atomic mass is 19.4. The summed E-state index contributed by atoms with van der Waals surface area (Å²) in [5.41, 5.74) is -3.41. The van der Waals surface area contributed by atoms with Gasteiger partial charge in [0.25, 0.3) is 5.91 Å². The Morgan fingerprint density at radius 2 is 1.82 bits per heavy atom. The van der Waals surface area contributed by atoms with E-state index in [1.54, 1.807) is 0 Å². The minimum absolute atomic E-state index is 0.151. The molecule has 5 nitrogen and oxygen atoms in total. The zero-order chi connectivity index (χ0) is 20.9. The fraction of sp³-hybridized carbons (Fsp3) is 0.263. The third-order valence-corrected chi connectivity index (χ3v) is 3.96. The minimum Gasteiger partial charge on any atom is -0.490 e. The summed E-state index contributed by atoms with van der Waals surface area (Å²) in [6, 6.07) is 9.36. The highest BCUT2D eigenvalue weighted by molar-refractivity contribution is 5.97. The number of benzene rings is 2. The summed E-state index contributed by atoms with van der Waals surface area (Å²) in [6.07, 6.45) is -4.75. The lowest BCUT2D eigenvalue weighted by atomic mass is 10.0. The van der Waals surface area contributed by atoms with Gasteiger partial charge in [0.1, 0.15) is 18.2 Å². The number of hydrogen-bond donors (Lipinski definition) is 1. The van der Waals surface area contributed by atoms with E-state index in [9.17, 15) is 22.4 Å². The largest absolute Gasteiger partial charge is 0.490 e. The predicted molar refractivity (Wildman–Crippen MR) is 92.1 cm³/mol. The maximum absolute atomic E-state index is 13.1. The third-order valence-electron chi connectivity index (χ3n) is 3.96. The first-order valence-corrected chi connectivity index (χ1v) is 7.95. The van der Waals surface area contributed by atoms with Crippen LogP contribution >= 0.6 is 0 Å². The number of hydrogen-bond acceptors (Lipinski definition) is 4. The number of methoxy groups -OCH3 is 1. The van der Waals surface area contributed by atoms with Crippen molar-refractivity contribution in [3.05, 3.63) is 59.4 Å². The zero-order valence-electron chi connectivity index (χ0n) is 14.9. The van der Waals surface area contributed by atoms with Crippen LogP contribution in [-0.2, 0) is 15.7 Å². The molecule has 28 heavy (non-hydrogen) atoms. The predicted octanol–water partition coefficient (Wildman–Crippen LogP) is 4.14. The summed E-state index contributed by atoms with van der Waals surface area (Å²) in [7, 11) is 1.24. The molecule has 9 heteroatoms. The van der Waals surface area contributed by atoms with Crippen LogP contribution < -0.4 is 10.1 Å². The lowest BCUT2D eigenvalue weighted by Crippen LogP contribution is -2.47. The van der Waals surface area contributed by atoms with Gasteiger partial charge in [-0.05, 0) is 49.4 Å². The van der Waals surface area contributed by atoms with Crippen LogP contribution in [0.5, 0.6) is 5.75 Å². The molecule has 0 aromatic heterocycles. The molecule has 0 aliphatic rings. The van der Waals surface area contributed by atoms with Gasteiger partial charge in [0.05, 0.1) is 17.2 Å². The van der Waals surface area contributed by atoms with Gasteiger partial charge in [-0.2, -0.15) is 18.4 Å². The summed E-state index contributed by atoms with van der Waals surface area (Å²) in [5, 5.41) is 11.1. The Labute approximate surface area is 158 Å². The molecule has 2 aromatic rings. The van der Waals surface area contributed by atoms with E-state index in [0.29, 0.717) is 6.07 Å². The second-order valence-electron chi connectivity index (χ2n) is 6.00. The Kier molecular flexibility index (Phi) is 6.26. The lowest BCUT2D eigenvalue weighted by molar-refractivity contribution is -0.139. The summed E-state index contributed by atoms with van der Waals surface area (Å²) < 4.78 is 62.7. The van der Waals surface area contributed by atoms with Crippen LogP contribution in [0.3, 0.4) is 0 Å². The summed E-state index contributed by atoms with van der Waals surface area (Å²) in [4.78, 5) is 12.5. The fourth-order valence-electron chi connectivity index (χ4n) is 2.19. The van der Waals surface area contributed by atoms with Crippen molar-refractivity contribution in [2.45, 2.75) is 18.7 Å². The molecule has 2 aromatic carbocycles. The van der Waals surface area contributed by atoms with E-state index in [2.05, 4.69) is 5.32 Å². The smallest absolute Gasteiger partial charge is 0.417 e. The standard InChI is InChI=1S/C19H16F4N2O3/c1-18(27-2,11-28-15-7-4-13(20)5-8-15)17(26)25-14-6-3-12(10-24)16(9-14)19(21,22)23/h3-9H,11H2,1-2H3,(H,25,26)/t18-/m0/s1. The number of carbonyl (C=O) groups is 1.